The summed E-state index contributed by atoms with van der Waals surface area (Å²) < 4.78 is 5.66. The molecular formula is C14H23NO. The van der Waals surface area contributed by atoms with E-state index in [1.165, 1.54) is 22.3 Å². The van der Waals surface area contributed by atoms with Crippen molar-refractivity contribution in [3.8, 4) is 0 Å². The van der Waals surface area contributed by atoms with Crippen LogP contribution in [0.25, 0.3) is 0 Å². The average molecular weight is 221 g/mol. The third-order valence-electron chi connectivity index (χ3n) is 2.56. The first-order valence-corrected chi connectivity index (χ1v) is 5.73. The molecule has 1 rings (SSSR count). The second-order valence-corrected chi connectivity index (χ2v) is 5.36. The lowest BCUT2D eigenvalue weighted by atomic mass is 10.0. The summed E-state index contributed by atoms with van der Waals surface area (Å²) in [7, 11) is 0. The fourth-order valence-corrected chi connectivity index (χ4v) is 1.85. The maximum absolute atomic E-state index is 5.87. The Bertz CT molecular complexity index is 340. The number of rotatable bonds is 4. The molecule has 0 aromatic heterocycles. The van der Waals surface area contributed by atoms with E-state index in [2.05, 4.69) is 32.9 Å². The average Bonchev–Trinajstić information content (AvgIpc) is 2.07. The van der Waals surface area contributed by atoms with Gasteiger partial charge in [-0.3, -0.25) is 0 Å². The van der Waals surface area contributed by atoms with Gasteiger partial charge in [0, 0.05) is 5.54 Å². The van der Waals surface area contributed by atoms with E-state index < -0.39 is 0 Å². The molecule has 0 unspecified atom stereocenters. The minimum absolute atomic E-state index is 0.257. The van der Waals surface area contributed by atoms with Gasteiger partial charge in [0.2, 0.25) is 0 Å². The van der Waals surface area contributed by atoms with E-state index in [9.17, 15) is 0 Å². The van der Waals surface area contributed by atoms with Crippen LogP contribution in [0.15, 0.2) is 12.1 Å². The summed E-state index contributed by atoms with van der Waals surface area (Å²) in [5.41, 5.74) is 10.8. The van der Waals surface area contributed by atoms with Gasteiger partial charge in [-0.2, -0.15) is 0 Å². The van der Waals surface area contributed by atoms with Gasteiger partial charge in [0.25, 0.3) is 0 Å². The van der Waals surface area contributed by atoms with Crippen LogP contribution in [0.5, 0.6) is 0 Å². The van der Waals surface area contributed by atoms with Crippen molar-refractivity contribution in [2.24, 2.45) is 5.73 Å². The summed E-state index contributed by atoms with van der Waals surface area (Å²) in [6.07, 6.45) is 0. The molecule has 0 radical (unpaired) electrons. The molecule has 2 nitrogen and oxygen atoms in total. The molecule has 90 valence electrons. The van der Waals surface area contributed by atoms with Gasteiger partial charge in [-0.05, 0) is 51.3 Å². The molecule has 0 amide bonds. The largest absolute Gasteiger partial charge is 0.375 e. The molecule has 1 aromatic carbocycles. The van der Waals surface area contributed by atoms with Crippen LogP contribution in [0.2, 0.25) is 0 Å². The van der Waals surface area contributed by atoms with Crippen molar-refractivity contribution < 1.29 is 4.74 Å². The molecule has 0 atom stereocenters. The Labute approximate surface area is 98.8 Å². The number of benzene rings is 1. The normalized spacial score (nSPS) is 11.9. The Morgan fingerprint density at radius 1 is 1.12 bits per heavy atom. The lowest BCUT2D eigenvalue weighted by Crippen LogP contribution is -2.37. The predicted molar refractivity (Wildman–Crippen MR) is 68.6 cm³/mol. The van der Waals surface area contributed by atoms with E-state index in [1.54, 1.807) is 0 Å². The highest BCUT2D eigenvalue weighted by Gasteiger charge is 2.11. The number of aryl methyl sites for hydroxylation is 3. The van der Waals surface area contributed by atoms with Crippen molar-refractivity contribution in [3.05, 3.63) is 34.4 Å². The summed E-state index contributed by atoms with van der Waals surface area (Å²) in [5.74, 6) is 0. The number of hydrogen-bond acceptors (Lipinski definition) is 2. The molecule has 0 heterocycles. The monoisotopic (exact) mass is 221 g/mol. The first-order valence-electron chi connectivity index (χ1n) is 5.73. The molecule has 0 spiro atoms. The van der Waals surface area contributed by atoms with Gasteiger partial charge >= 0.3 is 0 Å². The summed E-state index contributed by atoms with van der Waals surface area (Å²) in [5, 5.41) is 0. The number of hydrogen-bond donors (Lipinski definition) is 1. The lowest BCUT2D eigenvalue weighted by Gasteiger charge is -2.19. The molecular weight excluding hydrogens is 198 g/mol. The van der Waals surface area contributed by atoms with Crippen molar-refractivity contribution in [1.82, 2.24) is 0 Å². The second kappa shape index (κ2) is 4.98. The van der Waals surface area contributed by atoms with Crippen LogP contribution in [0.3, 0.4) is 0 Å². The predicted octanol–water partition coefficient (Wildman–Crippen LogP) is 2.87. The minimum atomic E-state index is -0.257. The molecule has 1 aromatic rings. The van der Waals surface area contributed by atoms with E-state index in [-0.39, 0.29) is 5.54 Å². The standard InChI is InChI=1S/C14H23NO/c1-10-6-11(2)13(12(3)7-10)8-16-9-14(4,5)15/h6-7H,8-9,15H2,1-5H3. The zero-order valence-electron chi connectivity index (χ0n) is 11.1. The van der Waals surface area contributed by atoms with E-state index in [1.807, 2.05) is 13.8 Å². The highest BCUT2D eigenvalue weighted by Crippen LogP contribution is 2.17. The maximum Gasteiger partial charge on any atom is 0.0722 e. The lowest BCUT2D eigenvalue weighted by molar-refractivity contribution is 0.0844. The molecule has 0 aliphatic carbocycles. The van der Waals surface area contributed by atoms with E-state index in [0.29, 0.717) is 13.2 Å². The van der Waals surface area contributed by atoms with Crippen molar-refractivity contribution >= 4 is 0 Å². The Hall–Kier alpha value is -0.860. The summed E-state index contributed by atoms with van der Waals surface area (Å²) >= 11 is 0. The Kier molecular flexibility index (Phi) is 4.11. The molecule has 0 aliphatic heterocycles. The number of nitrogens with two attached hydrogens (primary N) is 1. The van der Waals surface area contributed by atoms with Crippen molar-refractivity contribution in [1.29, 1.82) is 0 Å². The molecule has 2 heteroatoms. The Morgan fingerprint density at radius 2 is 1.62 bits per heavy atom. The van der Waals surface area contributed by atoms with Gasteiger partial charge in [0.15, 0.2) is 0 Å². The van der Waals surface area contributed by atoms with Gasteiger partial charge in [-0.1, -0.05) is 17.7 Å². The highest BCUT2D eigenvalue weighted by molar-refractivity contribution is 5.36. The quantitative estimate of drug-likeness (QED) is 0.848. The van der Waals surface area contributed by atoms with Crippen LogP contribution < -0.4 is 5.73 Å². The van der Waals surface area contributed by atoms with Gasteiger partial charge in [0.1, 0.15) is 0 Å². The fourth-order valence-electron chi connectivity index (χ4n) is 1.85. The van der Waals surface area contributed by atoms with Crippen molar-refractivity contribution in [2.45, 2.75) is 46.8 Å². The third-order valence-corrected chi connectivity index (χ3v) is 2.56. The molecule has 0 fully saturated rings. The molecule has 0 saturated heterocycles. The summed E-state index contributed by atoms with van der Waals surface area (Å²) in [6, 6.07) is 4.39. The van der Waals surface area contributed by atoms with Crippen LogP contribution >= 0.6 is 0 Å². The highest BCUT2D eigenvalue weighted by atomic mass is 16.5. The Morgan fingerprint density at radius 3 is 2.06 bits per heavy atom. The van der Waals surface area contributed by atoms with Crippen LogP contribution in [0.1, 0.15) is 36.1 Å². The summed E-state index contributed by atoms with van der Waals surface area (Å²) in [4.78, 5) is 0. The third kappa shape index (κ3) is 3.95. The van der Waals surface area contributed by atoms with E-state index in [4.69, 9.17) is 10.5 Å². The molecule has 0 saturated carbocycles. The van der Waals surface area contributed by atoms with E-state index in [0.717, 1.165) is 0 Å². The second-order valence-electron chi connectivity index (χ2n) is 5.36. The zero-order chi connectivity index (χ0) is 12.3. The van der Waals surface area contributed by atoms with Crippen LogP contribution in [0, 0.1) is 20.8 Å². The van der Waals surface area contributed by atoms with Crippen LogP contribution in [-0.2, 0) is 11.3 Å². The zero-order valence-corrected chi connectivity index (χ0v) is 11.1. The van der Waals surface area contributed by atoms with Gasteiger partial charge in [-0.15, -0.1) is 0 Å². The van der Waals surface area contributed by atoms with Gasteiger partial charge in [0.05, 0.1) is 13.2 Å². The van der Waals surface area contributed by atoms with Crippen LogP contribution in [0.4, 0.5) is 0 Å². The molecule has 2 N–H and O–H groups in total. The molecule has 0 aliphatic rings. The maximum atomic E-state index is 5.87. The summed E-state index contributed by atoms with van der Waals surface area (Å²) in [6.45, 7) is 11.6. The smallest absolute Gasteiger partial charge is 0.0722 e. The first kappa shape index (κ1) is 13.2. The van der Waals surface area contributed by atoms with Crippen molar-refractivity contribution in [2.75, 3.05) is 6.61 Å². The van der Waals surface area contributed by atoms with E-state index >= 15 is 0 Å². The van der Waals surface area contributed by atoms with Crippen LogP contribution in [-0.4, -0.2) is 12.1 Å². The SMILES string of the molecule is Cc1cc(C)c(COCC(C)(C)N)c(C)c1. The molecule has 0 bridgehead atoms. The van der Waals surface area contributed by atoms with Crippen molar-refractivity contribution in [3.63, 3.8) is 0 Å². The topological polar surface area (TPSA) is 35.2 Å². The fraction of sp³-hybridized carbons (Fsp3) is 0.571. The molecule has 16 heavy (non-hydrogen) atoms. The minimum Gasteiger partial charge on any atom is -0.375 e. The number of ether oxygens (including phenoxy) is 1. The van der Waals surface area contributed by atoms with Gasteiger partial charge < -0.3 is 10.5 Å². The first-order chi connectivity index (χ1) is 7.29. The van der Waals surface area contributed by atoms with Gasteiger partial charge in [-0.25, -0.2) is 0 Å². The Balaban J connectivity index is 2.68.